The van der Waals surface area contributed by atoms with E-state index < -0.39 is 11.6 Å². The third kappa shape index (κ3) is 2.38. The second-order valence-electron chi connectivity index (χ2n) is 2.25. The fourth-order valence-corrected chi connectivity index (χ4v) is 1.14. The number of halogens is 3. The highest BCUT2D eigenvalue weighted by Crippen LogP contribution is 2.27. The Balaban J connectivity index is 3.24. The summed E-state index contributed by atoms with van der Waals surface area (Å²) in [5.74, 6) is -2.17. The van der Waals surface area contributed by atoms with Crippen LogP contribution in [-0.4, -0.2) is 5.96 Å². The Labute approximate surface area is 81.6 Å². The number of hydrogen-bond acceptors (Lipinski definition) is 1. The number of nitrogens with zero attached hydrogens (tertiary/aromatic N) is 1. The topological polar surface area (TPSA) is 64.4 Å². The normalized spacial score (nSPS) is 9.77. The van der Waals surface area contributed by atoms with E-state index in [9.17, 15) is 8.78 Å². The van der Waals surface area contributed by atoms with E-state index in [-0.39, 0.29) is 11.6 Å². The smallest absolute Gasteiger partial charge is 0.191 e. The number of aliphatic imine (C=N–C) groups is 1. The standard InChI is InChI=1S/C7H6BrF2N3/c8-3-1-4(9)5(10)2-6(3)13-7(11)12/h1-2H,(H4,11,12,13). The monoisotopic (exact) mass is 249 g/mol. The van der Waals surface area contributed by atoms with Gasteiger partial charge in [0.25, 0.3) is 0 Å². The van der Waals surface area contributed by atoms with E-state index in [0.29, 0.717) is 4.47 Å². The molecule has 0 unspecified atom stereocenters. The van der Waals surface area contributed by atoms with Crippen molar-refractivity contribution in [1.29, 1.82) is 0 Å². The molecule has 3 nitrogen and oxygen atoms in total. The summed E-state index contributed by atoms with van der Waals surface area (Å²) in [7, 11) is 0. The predicted octanol–water partition coefficient (Wildman–Crippen LogP) is 1.63. The minimum absolute atomic E-state index is 0.152. The maximum absolute atomic E-state index is 12.7. The molecule has 0 heterocycles. The fraction of sp³-hybridized carbons (Fsp3) is 0. The third-order valence-electron chi connectivity index (χ3n) is 1.24. The number of rotatable bonds is 1. The summed E-state index contributed by atoms with van der Waals surface area (Å²) in [6.45, 7) is 0. The van der Waals surface area contributed by atoms with E-state index in [1.54, 1.807) is 0 Å². The van der Waals surface area contributed by atoms with Gasteiger partial charge < -0.3 is 11.5 Å². The molecule has 0 aromatic heterocycles. The SMILES string of the molecule is NC(N)=Nc1cc(F)c(F)cc1Br. The zero-order valence-electron chi connectivity index (χ0n) is 6.39. The molecule has 0 aliphatic heterocycles. The summed E-state index contributed by atoms with van der Waals surface area (Å²) in [6.07, 6.45) is 0. The lowest BCUT2D eigenvalue weighted by molar-refractivity contribution is 0.508. The Morgan fingerprint density at radius 1 is 1.23 bits per heavy atom. The number of hydrogen-bond donors (Lipinski definition) is 2. The zero-order valence-corrected chi connectivity index (χ0v) is 7.98. The number of benzene rings is 1. The van der Waals surface area contributed by atoms with Crippen molar-refractivity contribution in [2.45, 2.75) is 0 Å². The Bertz CT molecular complexity index is 361. The predicted molar refractivity (Wildman–Crippen MR) is 49.5 cm³/mol. The van der Waals surface area contributed by atoms with E-state index >= 15 is 0 Å². The molecule has 70 valence electrons. The first-order valence-electron chi connectivity index (χ1n) is 3.25. The molecule has 0 fully saturated rings. The average molecular weight is 250 g/mol. The largest absolute Gasteiger partial charge is 0.370 e. The van der Waals surface area contributed by atoms with E-state index in [4.69, 9.17) is 11.5 Å². The van der Waals surface area contributed by atoms with Crippen molar-refractivity contribution in [3.63, 3.8) is 0 Å². The highest BCUT2D eigenvalue weighted by atomic mass is 79.9. The van der Waals surface area contributed by atoms with Gasteiger partial charge in [-0.05, 0) is 22.0 Å². The van der Waals surface area contributed by atoms with E-state index in [1.807, 2.05) is 0 Å². The Morgan fingerprint density at radius 2 is 1.77 bits per heavy atom. The van der Waals surface area contributed by atoms with Gasteiger partial charge in [-0.3, -0.25) is 0 Å². The minimum atomic E-state index is -0.997. The molecule has 0 aliphatic rings. The molecule has 0 amide bonds. The van der Waals surface area contributed by atoms with Gasteiger partial charge in [0, 0.05) is 10.5 Å². The van der Waals surface area contributed by atoms with Crippen LogP contribution in [0.15, 0.2) is 21.6 Å². The molecule has 0 bridgehead atoms. The highest BCUT2D eigenvalue weighted by Gasteiger charge is 2.06. The highest BCUT2D eigenvalue weighted by molar-refractivity contribution is 9.10. The molecule has 1 aromatic rings. The van der Waals surface area contributed by atoms with Crippen molar-refractivity contribution >= 4 is 27.6 Å². The molecule has 0 aliphatic carbocycles. The summed E-state index contributed by atoms with van der Waals surface area (Å²) in [5, 5.41) is 0. The van der Waals surface area contributed by atoms with Crippen LogP contribution >= 0.6 is 15.9 Å². The van der Waals surface area contributed by atoms with Gasteiger partial charge in [-0.1, -0.05) is 0 Å². The van der Waals surface area contributed by atoms with Crippen LogP contribution in [0.5, 0.6) is 0 Å². The maximum atomic E-state index is 12.7. The van der Waals surface area contributed by atoms with Crippen molar-refractivity contribution in [1.82, 2.24) is 0 Å². The molecule has 0 spiro atoms. The summed E-state index contributed by atoms with van der Waals surface area (Å²) in [6, 6.07) is 1.86. The molecule has 0 saturated carbocycles. The van der Waals surface area contributed by atoms with Crippen molar-refractivity contribution in [3.05, 3.63) is 28.2 Å². The molecule has 0 atom stereocenters. The average Bonchev–Trinajstić information content (AvgIpc) is 1.99. The van der Waals surface area contributed by atoms with Gasteiger partial charge in [0.2, 0.25) is 0 Å². The zero-order chi connectivity index (χ0) is 10.0. The van der Waals surface area contributed by atoms with Gasteiger partial charge >= 0.3 is 0 Å². The van der Waals surface area contributed by atoms with Crippen molar-refractivity contribution in [3.8, 4) is 0 Å². The molecule has 1 aromatic carbocycles. The van der Waals surface area contributed by atoms with Crippen molar-refractivity contribution < 1.29 is 8.78 Å². The summed E-state index contributed by atoms with van der Waals surface area (Å²) in [4.78, 5) is 3.58. The molecular formula is C7H6BrF2N3. The van der Waals surface area contributed by atoms with Crippen LogP contribution in [0.2, 0.25) is 0 Å². The fourth-order valence-electron chi connectivity index (χ4n) is 0.737. The Hall–Kier alpha value is -1.17. The van der Waals surface area contributed by atoms with Crippen LogP contribution in [-0.2, 0) is 0 Å². The van der Waals surface area contributed by atoms with Gasteiger partial charge in [0.05, 0.1) is 5.69 Å². The Morgan fingerprint density at radius 3 is 2.31 bits per heavy atom. The quantitative estimate of drug-likeness (QED) is 0.452. The number of guanidine groups is 1. The lowest BCUT2D eigenvalue weighted by atomic mass is 10.3. The molecule has 0 saturated heterocycles. The van der Waals surface area contributed by atoms with Crippen LogP contribution in [0, 0.1) is 11.6 Å². The third-order valence-corrected chi connectivity index (χ3v) is 1.87. The van der Waals surface area contributed by atoms with Crippen LogP contribution in [0.25, 0.3) is 0 Å². The Kier molecular flexibility index (Phi) is 2.82. The van der Waals surface area contributed by atoms with Gasteiger partial charge in [-0.25, -0.2) is 13.8 Å². The van der Waals surface area contributed by atoms with Gasteiger partial charge in [-0.15, -0.1) is 0 Å². The molecular weight excluding hydrogens is 244 g/mol. The molecule has 0 radical (unpaired) electrons. The van der Waals surface area contributed by atoms with Crippen molar-refractivity contribution in [2.75, 3.05) is 0 Å². The van der Waals surface area contributed by atoms with Gasteiger partial charge in [-0.2, -0.15) is 0 Å². The van der Waals surface area contributed by atoms with Crippen LogP contribution in [0.3, 0.4) is 0 Å². The first-order valence-corrected chi connectivity index (χ1v) is 4.04. The molecule has 4 N–H and O–H groups in total. The summed E-state index contributed by atoms with van der Waals surface area (Å²) < 4.78 is 25.5. The number of nitrogens with two attached hydrogens (primary N) is 2. The molecule has 1 rings (SSSR count). The first-order chi connectivity index (χ1) is 6.00. The lowest BCUT2D eigenvalue weighted by Crippen LogP contribution is -2.21. The lowest BCUT2D eigenvalue weighted by Gasteiger charge is -1.99. The molecule has 13 heavy (non-hydrogen) atoms. The second-order valence-corrected chi connectivity index (χ2v) is 3.11. The first kappa shape index (κ1) is 9.91. The summed E-state index contributed by atoms with van der Waals surface area (Å²) >= 11 is 2.98. The van der Waals surface area contributed by atoms with Gasteiger partial charge in [0.15, 0.2) is 17.6 Å². The van der Waals surface area contributed by atoms with Crippen LogP contribution in [0.4, 0.5) is 14.5 Å². The van der Waals surface area contributed by atoms with E-state index in [1.165, 1.54) is 0 Å². The second kappa shape index (κ2) is 3.69. The van der Waals surface area contributed by atoms with E-state index in [2.05, 4.69) is 20.9 Å². The summed E-state index contributed by atoms with van der Waals surface area (Å²) in [5.41, 5.74) is 10.3. The maximum Gasteiger partial charge on any atom is 0.191 e. The van der Waals surface area contributed by atoms with E-state index in [0.717, 1.165) is 12.1 Å². The minimum Gasteiger partial charge on any atom is -0.370 e. The van der Waals surface area contributed by atoms with Crippen LogP contribution in [0.1, 0.15) is 0 Å². The van der Waals surface area contributed by atoms with Crippen molar-refractivity contribution in [2.24, 2.45) is 16.5 Å². The molecule has 6 heteroatoms. The van der Waals surface area contributed by atoms with Gasteiger partial charge in [0.1, 0.15) is 0 Å². The van der Waals surface area contributed by atoms with Crippen LogP contribution < -0.4 is 11.5 Å².